The van der Waals surface area contributed by atoms with Gasteiger partial charge in [-0.2, -0.15) is 23.4 Å². The van der Waals surface area contributed by atoms with Crippen molar-refractivity contribution in [3.8, 4) is 0 Å². The SMILES string of the molecule is Cn1cc(NCc2cc(C(F)(F)F)n(C)n2)cn1. The lowest BCUT2D eigenvalue weighted by molar-refractivity contribution is -0.143. The normalized spacial score (nSPS) is 11.8. The molecule has 0 radical (unpaired) electrons. The zero-order valence-electron chi connectivity index (χ0n) is 9.86. The molecule has 98 valence electrons. The van der Waals surface area contributed by atoms with E-state index in [-0.39, 0.29) is 6.54 Å². The average molecular weight is 259 g/mol. The van der Waals surface area contributed by atoms with Crippen molar-refractivity contribution in [1.82, 2.24) is 19.6 Å². The number of aromatic nitrogens is 4. The van der Waals surface area contributed by atoms with Gasteiger partial charge in [0.2, 0.25) is 0 Å². The summed E-state index contributed by atoms with van der Waals surface area (Å²) in [6.07, 6.45) is -1.06. The Labute approximate surface area is 101 Å². The zero-order chi connectivity index (χ0) is 13.3. The molecule has 2 aromatic rings. The highest BCUT2D eigenvalue weighted by molar-refractivity contribution is 5.38. The fourth-order valence-electron chi connectivity index (χ4n) is 1.58. The summed E-state index contributed by atoms with van der Waals surface area (Å²) < 4.78 is 40.0. The van der Waals surface area contributed by atoms with E-state index in [0.29, 0.717) is 5.69 Å². The first-order chi connectivity index (χ1) is 8.36. The van der Waals surface area contributed by atoms with E-state index in [1.54, 1.807) is 24.1 Å². The van der Waals surface area contributed by atoms with Gasteiger partial charge in [0.15, 0.2) is 0 Å². The second kappa shape index (κ2) is 4.35. The topological polar surface area (TPSA) is 47.7 Å². The molecule has 0 bridgehead atoms. The van der Waals surface area contributed by atoms with Gasteiger partial charge in [-0.05, 0) is 6.07 Å². The maximum absolute atomic E-state index is 12.5. The summed E-state index contributed by atoms with van der Waals surface area (Å²) in [5.74, 6) is 0. The molecule has 0 saturated carbocycles. The molecule has 2 aromatic heterocycles. The molecule has 0 saturated heterocycles. The first-order valence-corrected chi connectivity index (χ1v) is 5.19. The van der Waals surface area contributed by atoms with E-state index in [0.717, 1.165) is 16.4 Å². The number of rotatable bonds is 3. The highest BCUT2D eigenvalue weighted by Gasteiger charge is 2.34. The van der Waals surface area contributed by atoms with E-state index < -0.39 is 11.9 Å². The average Bonchev–Trinajstić information content (AvgIpc) is 2.81. The summed E-state index contributed by atoms with van der Waals surface area (Å²) in [7, 11) is 3.03. The van der Waals surface area contributed by atoms with Crippen LogP contribution in [0.1, 0.15) is 11.4 Å². The maximum atomic E-state index is 12.5. The Balaban J connectivity index is 2.07. The lowest BCUT2D eigenvalue weighted by Gasteiger charge is -2.04. The third-order valence-electron chi connectivity index (χ3n) is 2.40. The summed E-state index contributed by atoms with van der Waals surface area (Å²) in [5.41, 5.74) is 0.302. The van der Waals surface area contributed by atoms with E-state index in [4.69, 9.17) is 0 Å². The maximum Gasteiger partial charge on any atom is 0.433 e. The van der Waals surface area contributed by atoms with Gasteiger partial charge in [0.25, 0.3) is 0 Å². The molecular weight excluding hydrogens is 247 g/mol. The molecule has 0 spiro atoms. The quantitative estimate of drug-likeness (QED) is 0.914. The van der Waals surface area contributed by atoms with Crippen molar-refractivity contribution in [2.24, 2.45) is 14.1 Å². The van der Waals surface area contributed by atoms with Gasteiger partial charge in [0.1, 0.15) is 5.69 Å². The summed E-state index contributed by atoms with van der Waals surface area (Å²) in [6, 6.07) is 1.03. The first-order valence-electron chi connectivity index (χ1n) is 5.19. The molecule has 1 N–H and O–H groups in total. The van der Waals surface area contributed by atoms with Gasteiger partial charge in [-0.15, -0.1) is 0 Å². The van der Waals surface area contributed by atoms with E-state index >= 15 is 0 Å². The van der Waals surface area contributed by atoms with Crippen LogP contribution in [0.5, 0.6) is 0 Å². The van der Waals surface area contributed by atoms with Crippen LogP contribution in [0, 0.1) is 0 Å². The fraction of sp³-hybridized carbons (Fsp3) is 0.400. The summed E-state index contributed by atoms with van der Waals surface area (Å²) in [4.78, 5) is 0. The molecule has 0 amide bonds. The van der Waals surface area contributed by atoms with Crippen molar-refractivity contribution in [3.63, 3.8) is 0 Å². The third kappa shape index (κ3) is 2.63. The number of nitrogens with zero attached hydrogens (tertiary/aromatic N) is 4. The van der Waals surface area contributed by atoms with Crippen molar-refractivity contribution in [2.45, 2.75) is 12.7 Å². The van der Waals surface area contributed by atoms with Crippen LogP contribution in [-0.4, -0.2) is 19.6 Å². The predicted octanol–water partition coefficient (Wildman–Crippen LogP) is 1.78. The monoisotopic (exact) mass is 259 g/mol. The number of halogens is 3. The molecule has 0 aliphatic rings. The second-order valence-corrected chi connectivity index (χ2v) is 3.90. The Hall–Kier alpha value is -1.99. The van der Waals surface area contributed by atoms with Crippen LogP contribution in [0.2, 0.25) is 0 Å². The first kappa shape index (κ1) is 12.5. The fourth-order valence-corrected chi connectivity index (χ4v) is 1.58. The van der Waals surface area contributed by atoms with Crippen LogP contribution in [-0.2, 0) is 26.8 Å². The van der Waals surface area contributed by atoms with Gasteiger partial charge in [0, 0.05) is 20.3 Å². The smallest absolute Gasteiger partial charge is 0.377 e. The number of nitrogens with one attached hydrogen (secondary N) is 1. The molecule has 2 rings (SSSR count). The molecule has 0 aliphatic heterocycles. The van der Waals surface area contributed by atoms with Gasteiger partial charge in [-0.25, -0.2) is 0 Å². The lowest BCUT2D eigenvalue weighted by Crippen LogP contribution is -2.11. The summed E-state index contributed by atoms with van der Waals surface area (Å²) in [5, 5.41) is 10.7. The number of aryl methyl sites for hydroxylation is 2. The largest absolute Gasteiger partial charge is 0.433 e. The van der Waals surface area contributed by atoms with Gasteiger partial charge < -0.3 is 5.32 Å². The van der Waals surface area contributed by atoms with Crippen LogP contribution in [0.3, 0.4) is 0 Å². The Morgan fingerprint density at radius 3 is 2.56 bits per heavy atom. The van der Waals surface area contributed by atoms with E-state index in [9.17, 15) is 13.2 Å². The molecule has 0 unspecified atom stereocenters. The van der Waals surface area contributed by atoms with Gasteiger partial charge >= 0.3 is 6.18 Å². The zero-order valence-corrected chi connectivity index (χ0v) is 9.86. The molecule has 5 nitrogen and oxygen atoms in total. The standard InChI is InChI=1S/C10H12F3N5/c1-17-6-8(5-15-17)14-4-7-3-9(10(11,12)13)18(2)16-7/h3,5-6,14H,4H2,1-2H3. The number of hydrogen-bond acceptors (Lipinski definition) is 3. The van der Waals surface area contributed by atoms with Crippen molar-refractivity contribution in [1.29, 1.82) is 0 Å². The summed E-state index contributed by atoms with van der Waals surface area (Å²) >= 11 is 0. The van der Waals surface area contributed by atoms with Crippen molar-refractivity contribution >= 4 is 5.69 Å². The lowest BCUT2D eigenvalue weighted by atomic mass is 10.3. The van der Waals surface area contributed by atoms with Crippen molar-refractivity contribution in [2.75, 3.05) is 5.32 Å². The molecule has 0 fully saturated rings. The minimum Gasteiger partial charge on any atom is -0.377 e. The van der Waals surface area contributed by atoms with Gasteiger partial charge in [-0.3, -0.25) is 9.36 Å². The van der Waals surface area contributed by atoms with Crippen LogP contribution >= 0.6 is 0 Å². The van der Waals surface area contributed by atoms with E-state index in [1.165, 1.54) is 7.05 Å². The van der Waals surface area contributed by atoms with Crippen LogP contribution in [0.25, 0.3) is 0 Å². The van der Waals surface area contributed by atoms with Crippen LogP contribution in [0.4, 0.5) is 18.9 Å². The van der Waals surface area contributed by atoms with Gasteiger partial charge in [-0.1, -0.05) is 0 Å². The molecular formula is C10H12F3N5. The molecule has 8 heteroatoms. The van der Waals surface area contributed by atoms with Gasteiger partial charge in [0.05, 0.1) is 24.1 Å². The Kier molecular flexibility index (Phi) is 3.02. The molecule has 0 aliphatic carbocycles. The van der Waals surface area contributed by atoms with Crippen LogP contribution in [0.15, 0.2) is 18.5 Å². The summed E-state index contributed by atoms with van der Waals surface area (Å²) in [6.45, 7) is 0.218. The van der Waals surface area contributed by atoms with E-state index in [1.807, 2.05) is 0 Å². The van der Waals surface area contributed by atoms with Crippen LogP contribution < -0.4 is 5.32 Å². The highest BCUT2D eigenvalue weighted by Crippen LogP contribution is 2.29. The predicted molar refractivity (Wildman–Crippen MR) is 58.7 cm³/mol. The Bertz CT molecular complexity index is 540. The number of hydrogen-bond donors (Lipinski definition) is 1. The molecule has 0 aromatic carbocycles. The molecule has 18 heavy (non-hydrogen) atoms. The third-order valence-corrected chi connectivity index (χ3v) is 2.40. The minimum atomic E-state index is -4.38. The second-order valence-electron chi connectivity index (χ2n) is 3.90. The van der Waals surface area contributed by atoms with Crippen molar-refractivity contribution < 1.29 is 13.2 Å². The highest BCUT2D eigenvalue weighted by atomic mass is 19.4. The molecule has 2 heterocycles. The Morgan fingerprint density at radius 1 is 1.33 bits per heavy atom. The van der Waals surface area contributed by atoms with Crippen molar-refractivity contribution in [3.05, 3.63) is 29.8 Å². The number of alkyl halides is 3. The Morgan fingerprint density at radius 2 is 2.06 bits per heavy atom. The minimum absolute atomic E-state index is 0.218. The number of anilines is 1. The van der Waals surface area contributed by atoms with E-state index in [2.05, 4.69) is 15.5 Å². The molecule has 0 atom stereocenters.